The maximum Gasteiger partial charge on any atom is 0.154 e. The minimum Gasteiger partial charge on any atom is -0.282 e. The fourth-order valence-electron chi connectivity index (χ4n) is 0. The van der Waals surface area contributed by atoms with Crippen LogP contribution in [-0.2, 0) is 10.5 Å². The third-order valence-corrected chi connectivity index (χ3v) is 0. The standard InChI is InChI=1S/CH2O2S/c1-4(2)3/h1H,(H,2,3). The van der Waals surface area contributed by atoms with Crippen LogP contribution in [0.2, 0.25) is 0 Å². The van der Waals surface area contributed by atoms with E-state index in [1.165, 1.54) is 0 Å². The van der Waals surface area contributed by atoms with Gasteiger partial charge in [-0.15, -0.1) is 0 Å². The van der Waals surface area contributed by atoms with Gasteiger partial charge in [-0.2, -0.15) is 4.21 Å². The van der Waals surface area contributed by atoms with E-state index >= 15 is 0 Å². The Morgan fingerprint density at radius 3 is 2.00 bits per heavy atom. The first kappa shape index (κ1) is 3.76. The van der Waals surface area contributed by atoms with E-state index in [0.29, 0.717) is 0 Å². The molecule has 0 amide bonds. The maximum atomic E-state index is 8.89. The fourth-order valence-corrected chi connectivity index (χ4v) is 0. The Morgan fingerprint density at radius 2 is 2.00 bits per heavy atom. The Morgan fingerprint density at radius 1 is 2.00 bits per heavy atom. The van der Waals surface area contributed by atoms with Crippen LogP contribution in [-0.4, -0.2) is 8.76 Å². The van der Waals surface area contributed by atoms with Crippen LogP contribution in [0.5, 0.6) is 0 Å². The van der Waals surface area contributed by atoms with Crippen molar-refractivity contribution in [3.63, 3.8) is 0 Å². The van der Waals surface area contributed by atoms with E-state index in [9.17, 15) is 0 Å². The summed E-state index contributed by atoms with van der Waals surface area (Å²) in [5, 5.41) is 0. The minimum absolute atomic E-state index is 2.11. The molecule has 0 aromatic heterocycles. The summed E-state index contributed by atoms with van der Waals surface area (Å²) in [5.74, 6) is 0. The van der Waals surface area contributed by atoms with E-state index in [0.717, 1.165) is 0 Å². The molecule has 0 spiro atoms. The average Bonchev–Trinajstić information content (AvgIpc) is 0.811. The summed E-state index contributed by atoms with van der Waals surface area (Å²) in [7, 11) is -2.11. The van der Waals surface area contributed by atoms with Crippen molar-refractivity contribution in [3.8, 4) is 5.69 Å². The highest BCUT2D eigenvalue weighted by atomic mass is 32.2. The number of hydrogen-bond acceptors (Lipinski definition) is 1. The second-order valence-corrected chi connectivity index (χ2v) is 0.829. The molecule has 0 atom stereocenters. The Hall–Kier alpha value is -0.240. The fraction of sp³-hybridized carbons (Fsp3) is 0. The van der Waals surface area contributed by atoms with E-state index in [2.05, 4.69) is 5.69 Å². The van der Waals surface area contributed by atoms with Gasteiger partial charge < -0.3 is 0 Å². The summed E-state index contributed by atoms with van der Waals surface area (Å²) in [6, 6.07) is 0. The lowest BCUT2D eigenvalue weighted by Gasteiger charge is -1.40. The second kappa shape index (κ2) is 1.12. The van der Waals surface area contributed by atoms with Gasteiger partial charge in [0.05, 0.1) is 0 Å². The first-order chi connectivity index (χ1) is 1.73. The molecule has 0 saturated carbocycles. The van der Waals surface area contributed by atoms with Crippen LogP contribution < -0.4 is 0 Å². The van der Waals surface area contributed by atoms with Crippen LogP contribution in [0.1, 0.15) is 0 Å². The molecule has 0 saturated heterocycles. The Balaban J connectivity index is 3.85. The molecule has 24 valence electrons. The lowest BCUT2D eigenvalue weighted by molar-refractivity contribution is 0.583. The normalized spacial score (nSPS) is 6.00. The van der Waals surface area contributed by atoms with E-state index in [1.807, 2.05) is 0 Å². The molecule has 0 aliphatic rings. The number of rotatable bonds is 0. The van der Waals surface area contributed by atoms with Gasteiger partial charge in [0.1, 0.15) is 0 Å². The van der Waals surface area contributed by atoms with Crippen LogP contribution in [0.25, 0.3) is 0 Å². The van der Waals surface area contributed by atoms with Crippen molar-refractivity contribution in [2.24, 2.45) is 0 Å². The van der Waals surface area contributed by atoms with Gasteiger partial charge in [-0.1, -0.05) is 0 Å². The van der Waals surface area contributed by atoms with Gasteiger partial charge in [0.25, 0.3) is 0 Å². The summed E-state index contributed by atoms with van der Waals surface area (Å²) in [6.07, 6.45) is 0. The summed E-state index contributed by atoms with van der Waals surface area (Å²) < 4.78 is 16.2. The van der Waals surface area contributed by atoms with Crippen molar-refractivity contribution in [2.45, 2.75) is 0 Å². The van der Waals surface area contributed by atoms with Crippen molar-refractivity contribution in [3.05, 3.63) is 0 Å². The molecule has 0 aliphatic carbocycles. The molecule has 0 rings (SSSR count). The van der Waals surface area contributed by atoms with Gasteiger partial charge in [0.15, 0.2) is 10.5 Å². The van der Waals surface area contributed by atoms with E-state index < -0.39 is 10.5 Å². The van der Waals surface area contributed by atoms with Gasteiger partial charge in [-0.05, 0) is 5.69 Å². The third kappa shape index (κ3) is 17.6. The highest BCUT2D eigenvalue weighted by Gasteiger charge is 1.34. The van der Waals surface area contributed by atoms with Crippen LogP contribution >= 0.6 is 0 Å². The molecule has 4 heavy (non-hydrogen) atoms. The third-order valence-electron chi connectivity index (χ3n) is 0. The predicted molar refractivity (Wildman–Crippen MR) is 15.7 cm³/mol. The molecular weight excluding hydrogens is 76.1 g/mol. The van der Waals surface area contributed by atoms with E-state index in [-0.39, 0.29) is 0 Å². The average molecular weight is 78.1 g/mol. The minimum atomic E-state index is -2.11. The maximum absolute atomic E-state index is 8.89. The molecule has 0 aromatic carbocycles. The Bertz CT molecular complexity index is 96.2. The van der Waals surface area contributed by atoms with Gasteiger partial charge >= 0.3 is 0 Å². The summed E-state index contributed by atoms with van der Waals surface area (Å²) >= 11 is 0. The monoisotopic (exact) mass is 78.0 g/mol. The Labute approximate surface area is 26.0 Å². The molecule has 1 N–H and O–H groups in total. The molecule has 0 heterocycles. The zero-order chi connectivity index (χ0) is 3.58. The first-order valence-electron chi connectivity index (χ1n) is 0.585. The largest absolute Gasteiger partial charge is 0.282 e. The zero-order valence-electron chi connectivity index (χ0n) is 1.84. The lowest BCUT2D eigenvalue weighted by Crippen LogP contribution is -1.49. The summed E-state index contributed by atoms with van der Waals surface area (Å²) in [5.41, 5.74) is 4.14. The van der Waals surface area contributed by atoms with Gasteiger partial charge in [0.2, 0.25) is 0 Å². The van der Waals surface area contributed by atoms with Gasteiger partial charge in [-0.25, -0.2) is 0 Å². The molecule has 0 aromatic rings. The van der Waals surface area contributed by atoms with Crippen molar-refractivity contribution >= 4 is 10.5 Å². The zero-order valence-corrected chi connectivity index (χ0v) is 2.66. The molecule has 3 heteroatoms. The molecule has 0 unspecified atom stereocenters. The quantitative estimate of drug-likeness (QED) is 0.407. The van der Waals surface area contributed by atoms with Crippen molar-refractivity contribution in [2.75, 3.05) is 0 Å². The first-order valence-corrected chi connectivity index (χ1v) is 1.75. The van der Waals surface area contributed by atoms with Crippen LogP contribution in [0.15, 0.2) is 0 Å². The Kier molecular flexibility index (Phi) is 1.05. The summed E-state index contributed by atoms with van der Waals surface area (Å²) in [6.45, 7) is 0. The van der Waals surface area contributed by atoms with Crippen molar-refractivity contribution in [1.82, 2.24) is 0 Å². The van der Waals surface area contributed by atoms with Gasteiger partial charge in [-0.3, -0.25) is 4.55 Å². The lowest BCUT2D eigenvalue weighted by atomic mass is 12.0. The highest BCUT2D eigenvalue weighted by Crippen LogP contribution is 1.24. The molecule has 2 nitrogen and oxygen atoms in total. The van der Waals surface area contributed by atoms with Crippen LogP contribution in [0, 0.1) is 5.69 Å². The van der Waals surface area contributed by atoms with Crippen LogP contribution in [0.4, 0.5) is 0 Å². The van der Waals surface area contributed by atoms with Crippen LogP contribution in [0.3, 0.4) is 0 Å². The molecule has 0 bridgehead atoms. The SMILES string of the molecule is C#S(=O)O. The van der Waals surface area contributed by atoms with E-state index in [4.69, 9.17) is 8.76 Å². The molecule has 0 radical (unpaired) electrons. The van der Waals surface area contributed by atoms with E-state index in [1.54, 1.807) is 0 Å². The second-order valence-electron chi connectivity index (χ2n) is 0.276. The summed E-state index contributed by atoms with van der Waals surface area (Å²) in [4.78, 5) is 0. The molecule has 0 aliphatic heterocycles. The van der Waals surface area contributed by atoms with Gasteiger partial charge in [0, 0.05) is 0 Å². The van der Waals surface area contributed by atoms with Crippen molar-refractivity contribution < 1.29 is 8.76 Å². The molecule has 0 fully saturated rings. The predicted octanol–water partition coefficient (Wildman–Crippen LogP) is -0.203. The molecular formula is CH2O2S. The van der Waals surface area contributed by atoms with Crippen molar-refractivity contribution in [1.29, 1.82) is 0 Å². The topological polar surface area (TPSA) is 37.3 Å². The number of hydrogen-bond donors (Lipinski definition) is 1. The smallest absolute Gasteiger partial charge is 0.154 e. The highest BCUT2D eigenvalue weighted by molar-refractivity contribution is 7.67.